The molecule has 0 saturated heterocycles. The summed E-state index contributed by atoms with van der Waals surface area (Å²) in [6.07, 6.45) is 3.46. The number of benzene rings is 1. The highest BCUT2D eigenvalue weighted by Crippen LogP contribution is 2.28. The van der Waals surface area contributed by atoms with Gasteiger partial charge in [-0.15, -0.1) is 0 Å². The molecule has 0 spiro atoms. The Kier molecular flexibility index (Phi) is 5.24. The van der Waals surface area contributed by atoms with Gasteiger partial charge in [0.2, 0.25) is 0 Å². The first kappa shape index (κ1) is 14.1. The molecule has 18 heavy (non-hydrogen) atoms. The van der Waals surface area contributed by atoms with Gasteiger partial charge in [-0.1, -0.05) is 19.4 Å². The second-order valence-corrected chi connectivity index (χ2v) is 4.06. The minimum absolute atomic E-state index is 0.0660. The Morgan fingerprint density at radius 3 is 2.78 bits per heavy atom. The molecule has 0 aliphatic heterocycles. The van der Waals surface area contributed by atoms with Crippen LogP contribution in [0, 0.1) is 0 Å². The number of aliphatic carboxylic acids is 1. The molecular formula is C14H18O4. The van der Waals surface area contributed by atoms with Crippen molar-refractivity contribution >= 4 is 12.0 Å². The average Bonchev–Trinajstić information content (AvgIpc) is 2.33. The molecule has 0 saturated carbocycles. The molecule has 0 bridgehead atoms. The summed E-state index contributed by atoms with van der Waals surface area (Å²) in [6.45, 7) is 4.11. The first-order valence-electron chi connectivity index (χ1n) is 5.92. The van der Waals surface area contributed by atoms with Gasteiger partial charge in [-0.2, -0.15) is 0 Å². The van der Waals surface area contributed by atoms with Gasteiger partial charge < -0.3 is 14.9 Å². The van der Waals surface area contributed by atoms with Crippen LogP contribution in [0.2, 0.25) is 0 Å². The fraction of sp³-hybridized carbons (Fsp3) is 0.357. The Bertz CT molecular complexity index is 449. The molecule has 0 fully saturated rings. The third kappa shape index (κ3) is 4.13. The maximum absolute atomic E-state index is 10.7. The first-order chi connectivity index (χ1) is 8.54. The van der Waals surface area contributed by atoms with Crippen molar-refractivity contribution in [3.63, 3.8) is 0 Å². The first-order valence-corrected chi connectivity index (χ1v) is 5.92. The van der Waals surface area contributed by atoms with Gasteiger partial charge in [0.1, 0.15) is 0 Å². The molecule has 4 nitrogen and oxygen atoms in total. The van der Waals surface area contributed by atoms with Crippen LogP contribution in [0.4, 0.5) is 0 Å². The van der Waals surface area contributed by atoms with Crippen molar-refractivity contribution < 1.29 is 19.7 Å². The van der Waals surface area contributed by atoms with Crippen LogP contribution in [0.5, 0.6) is 11.5 Å². The van der Waals surface area contributed by atoms with E-state index in [2.05, 4.69) is 6.92 Å². The topological polar surface area (TPSA) is 66.8 Å². The number of carboxylic acids is 1. The molecule has 0 amide bonds. The Labute approximate surface area is 107 Å². The van der Waals surface area contributed by atoms with E-state index in [4.69, 9.17) is 9.84 Å². The van der Waals surface area contributed by atoms with E-state index < -0.39 is 5.97 Å². The summed E-state index contributed by atoms with van der Waals surface area (Å²) in [5.74, 6) is -0.511. The molecule has 0 aromatic heterocycles. The minimum atomic E-state index is -0.962. The average molecular weight is 250 g/mol. The van der Waals surface area contributed by atoms with Gasteiger partial charge in [-0.25, -0.2) is 4.79 Å². The maximum atomic E-state index is 10.7. The van der Waals surface area contributed by atoms with E-state index in [0.717, 1.165) is 12.8 Å². The predicted molar refractivity (Wildman–Crippen MR) is 69.8 cm³/mol. The molecule has 98 valence electrons. The number of phenolic OH excluding ortho intramolecular Hbond substituents is 1. The molecule has 0 radical (unpaired) electrons. The van der Waals surface area contributed by atoms with Gasteiger partial charge in [0.05, 0.1) is 6.61 Å². The van der Waals surface area contributed by atoms with Gasteiger partial charge in [0.25, 0.3) is 0 Å². The highest BCUT2D eigenvalue weighted by molar-refractivity contribution is 5.91. The van der Waals surface area contributed by atoms with E-state index >= 15 is 0 Å². The number of aromatic hydroxyl groups is 1. The van der Waals surface area contributed by atoms with Gasteiger partial charge in [-0.3, -0.25) is 0 Å². The van der Waals surface area contributed by atoms with Crippen molar-refractivity contribution in [2.45, 2.75) is 26.7 Å². The lowest BCUT2D eigenvalue weighted by Crippen LogP contribution is -1.98. The van der Waals surface area contributed by atoms with Crippen LogP contribution in [0.25, 0.3) is 6.08 Å². The molecule has 0 aliphatic carbocycles. The Morgan fingerprint density at radius 2 is 2.17 bits per heavy atom. The monoisotopic (exact) mass is 250 g/mol. The van der Waals surface area contributed by atoms with Crippen molar-refractivity contribution in [1.82, 2.24) is 0 Å². The van der Waals surface area contributed by atoms with Gasteiger partial charge in [-0.05, 0) is 37.1 Å². The van der Waals surface area contributed by atoms with E-state index in [1.54, 1.807) is 12.1 Å². The second kappa shape index (κ2) is 6.69. The van der Waals surface area contributed by atoms with E-state index in [1.165, 1.54) is 19.1 Å². The van der Waals surface area contributed by atoms with Crippen LogP contribution in [-0.4, -0.2) is 22.8 Å². The number of ether oxygens (including phenoxy) is 1. The van der Waals surface area contributed by atoms with Crippen LogP contribution in [0.15, 0.2) is 23.8 Å². The second-order valence-electron chi connectivity index (χ2n) is 4.06. The number of carboxylic acid groups (broad SMARTS) is 1. The number of hydrogen-bond donors (Lipinski definition) is 2. The Morgan fingerprint density at radius 1 is 1.44 bits per heavy atom. The standard InChI is InChI=1S/C14H18O4/c1-3-4-7-18-13-9-11(5-6-12(13)15)8-10(2)14(16)17/h5-6,8-9,15H,3-4,7H2,1-2H3,(H,16,17). The quantitative estimate of drug-likeness (QED) is 0.601. The van der Waals surface area contributed by atoms with Gasteiger partial charge >= 0.3 is 5.97 Å². The number of hydrogen-bond acceptors (Lipinski definition) is 3. The van der Waals surface area contributed by atoms with Crippen LogP contribution in [0.3, 0.4) is 0 Å². The molecule has 0 aliphatic rings. The zero-order valence-electron chi connectivity index (χ0n) is 10.6. The van der Waals surface area contributed by atoms with Crippen molar-refractivity contribution in [1.29, 1.82) is 0 Å². The zero-order chi connectivity index (χ0) is 13.5. The normalized spacial score (nSPS) is 11.3. The Hall–Kier alpha value is -1.97. The van der Waals surface area contributed by atoms with E-state index in [1.807, 2.05) is 0 Å². The lowest BCUT2D eigenvalue weighted by atomic mass is 10.1. The summed E-state index contributed by atoms with van der Waals surface area (Å²) in [7, 11) is 0. The molecule has 1 aromatic carbocycles. The Balaban J connectivity index is 2.86. The molecule has 2 N–H and O–H groups in total. The van der Waals surface area contributed by atoms with E-state index in [0.29, 0.717) is 17.9 Å². The van der Waals surface area contributed by atoms with E-state index in [-0.39, 0.29) is 11.3 Å². The number of rotatable bonds is 6. The third-order valence-electron chi connectivity index (χ3n) is 2.46. The van der Waals surface area contributed by atoms with Crippen LogP contribution >= 0.6 is 0 Å². The van der Waals surface area contributed by atoms with Crippen molar-refractivity contribution in [2.75, 3.05) is 6.61 Å². The SMILES string of the molecule is CCCCOc1cc(C=C(C)C(=O)O)ccc1O. The number of carbonyl (C=O) groups is 1. The lowest BCUT2D eigenvalue weighted by Gasteiger charge is -2.08. The molecular weight excluding hydrogens is 232 g/mol. The summed E-state index contributed by atoms with van der Waals surface area (Å²) < 4.78 is 5.43. The van der Waals surface area contributed by atoms with Gasteiger partial charge in [0.15, 0.2) is 11.5 Å². The molecule has 0 heterocycles. The summed E-state index contributed by atoms with van der Waals surface area (Å²) in [4.78, 5) is 10.7. The smallest absolute Gasteiger partial charge is 0.331 e. The molecule has 4 heteroatoms. The zero-order valence-corrected chi connectivity index (χ0v) is 10.6. The number of unbranched alkanes of at least 4 members (excludes halogenated alkanes) is 1. The summed E-state index contributed by atoms with van der Waals surface area (Å²) in [6, 6.07) is 4.79. The van der Waals surface area contributed by atoms with Gasteiger partial charge in [0, 0.05) is 5.57 Å². The molecule has 1 rings (SSSR count). The fourth-order valence-electron chi connectivity index (χ4n) is 1.37. The summed E-state index contributed by atoms with van der Waals surface area (Å²) >= 11 is 0. The highest BCUT2D eigenvalue weighted by Gasteiger charge is 2.05. The van der Waals surface area contributed by atoms with Crippen molar-refractivity contribution in [2.24, 2.45) is 0 Å². The third-order valence-corrected chi connectivity index (χ3v) is 2.46. The maximum Gasteiger partial charge on any atom is 0.331 e. The van der Waals surface area contributed by atoms with Crippen LogP contribution in [-0.2, 0) is 4.79 Å². The lowest BCUT2D eigenvalue weighted by molar-refractivity contribution is -0.132. The predicted octanol–water partition coefficient (Wildman–Crippen LogP) is 3.06. The number of phenols is 1. The molecule has 0 atom stereocenters. The summed E-state index contributed by atoms with van der Waals surface area (Å²) in [5.41, 5.74) is 0.930. The fourth-order valence-corrected chi connectivity index (χ4v) is 1.37. The van der Waals surface area contributed by atoms with Crippen LogP contribution in [0.1, 0.15) is 32.3 Å². The molecule has 0 unspecified atom stereocenters. The summed E-state index contributed by atoms with van der Waals surface area (Å²) in [5, 5.41) is 18.4. The molecule has 1 aromatic rings. The minimum Gasteiger partial charge on any atom is -0.504 e. The van der Waals surface area contributed by atoms with E-state index in [9.17, 15) is 9.90 Å². The largest absolute Gasteiger partial charge is 0.504 e. The highest BCUT2D eigenvalue weighted by atomic mass is 16.5. The van der Waals surface area contributed by atoms with Crippen LogP contribution < -0.4 is 4.74 Å². The van der Waals surface area contributed by atoms with Crippen molar-refractivity contribution in [3.8, 4) is 11.5 Å². The van der Waals surface area contributed by atoms with Crippen molar-refractivity contribution in [3.05, 3.63) is 29.3 Å².